The molecule has 2 aromatic rings. The van der Waals surface area contributed by atoms with Crippen molar-refractivity contribution in [3.63, 3.8) is 0 Å². The summed E-state index contributed by atoms with van der Waals surface area (Å²) in [6, 6.07) is 6.10. The minimum atomic E-state index is -0.835. The van der Waals surface area contributed by atoms with Crippen LogP contribution in [0.3, 0.4) is 0 Å². The third-order valence-electron chi connectivity index (χ3n) is 2.95. The van der Waals surface area contributed by atoms with E-state index >= 15 is 0 Å². The van der Waals surface area contributed by atoms with Crippen LogP contribution in [-0.2, 0) is 20.7 Å². The second-order valence-electron chi connectivity index (χ2n) is 4.71. The minimum absolute atomic E-state index is 0.0198. The fourth-order valence-corrected chi connectivity index (χ4v) is 1.81. The highest BCUT2D eigenvalue weighted by Gasteiger charge is 2.14. The van der Waals surface area contributed by atoms with Gasteiger partial charge < -0.3 is 14.5 Å². The maximum atomic E-state index is 13.5. The molecule has 1 heterocycles. The standard InChI is InChI=1S/C15H13FN2O6/c16-12-5-3-10(18(21)22)8-13(12)17-14(19)9-24-15(20)6-4-11-2-1-7-23-11/h1-3,5,7-8H,4,6,9H2,(H,17,19). The molecule has 0 radical (unpaired) electrons. The summed E-state index contributed by atoms with van der Waals surface area (Å²) in [6.45, 7) is -0.626. The van der Waals surface area contributed by atoms with E-state index in [4.69, 9.17) is 9.15 Å². The number of hydrogen-bond acceptors (Lipinski definition) is 6. The molecule has 0 fully saturated rings. The summed E-state index contributed by atoms with van der Waals surface area (Å²) in [5.41, 5.74) is -0.733. The van der Waals surface area contributed by atoms with E-state index in [0.29, 0.717) is 12.2 Å². The van der Waals surface area contributed by atoms with E-state index in [2.05, 4.69) is 5.32 Å². The van der Waals surface area contributed by atoms with Gasteiger partial charge in [0.1, 0.15) is 11.6 Å². The van der Waals surface area contributed by atoms with Gasteiger partial charge in [0.05, 0.1) is 23.3 Å². The highest BCUT2D eigenvalue weighted by atomic mass is 19.1. The number of nitrogens with zero attached hydrogens (tertiary/aromatic N) is 1. The summed E-state index contributed by atoms with van der Waals surface area (Å²) in [4.78, 5) is 33.0. The number of carbonyl (C=O) groups is 2. The quantitative estimate of drug-likeness (QED) is 0.472. The Labute approximate surface area is 135 Å². The van der Waals surface area contributed by atoms with E-state index in [0.717, 1.165) is 18.2 Å². The van der Waals surface area contributed by atoms with Gasteiger partial charge in [-0.3, -0.25) is 19.7 Å². The van der Waals surface area contributed by atoms with Crippen LogP contribution in [0.5, 0.6) is 0 Å². The van der Waals surface area contributed by atoms with Crippen LogP contribution in [0.1, 0.15) is 12.2 Å². The van der Waals surface area contributed by atoms with Crippen molar-refractivity contribution in [2.24, 2.45) is 0 Å². The molecule has 0 saturated carbocycles. The van der Waals surface area contributed by atoms with Crippen molar-refractivity contribution in [1.29, 1.82) is 0 Å². The third-order valence-corrected chi connectivity index (χ3v) is 2.95. The molecule has 0 unspecified atom stereocenters. The van der Waals surface area contributed by atoms with Crippen molar-refractivity contribution < 1.29 is 28.1 Å². The number of amides is 1. The van der Waals surface area contributed by atoms with Crippen LogP contribution >= 0.6 is 0 Å². The summed E-state index contributed by atoms with van der Waals surface area (Å²) < 4.78 is 23.3. The van der Waals surface area contributed by atoms with Crippen LogP contribution in [-0.4, -0.2) is 23.4 Å². The Bertz CT molecular complexity index is 744. The predicted molar refractivity (Wildman–Crippen MR) is 79.7 cm³/mol. The summed E-state index contributed by atoms with van der Waals surface area (Å²) in [5, 5.41) is 12.7. The van der Waals surface area contributed by atoms with Crippen LogP contribution in [0.15, 0.2) is 41.0 Å². The Morgan fingerprint density at radius 3 is 2.79 bits per heavy atom. The number of aryl methyl sites for hydroxylation is 1. The molecular formula is C15H13FN2O6. The van der Waals surface area contributed by atoms with Crippen LogP contribution in [0.25, 0.3) is 0 Å². The molecule has 0 aliphatic heterocycles. The molecule has 0 bridgehead atoms. The Hall–Kier alpha value is -3.23. The van der Waals surface area contributed by atoms with Gasteiger partial charge in [-0.05, 0) is 18.2 Å². The number of halogens is 1. The maximum absolute atomic E-state index is 13.5. The monoisotopic (exact) mass is 336 g/mol. The summed E-state index contributed by atoms with van der Waals surface area (Å²) in [6.07, 6.45) is 1.82. The lowest BCUT2D eigenvalue weighted by Crippen LogP contribution is -2.21. The average molecular weight is 336 g/mol. The summed E-state index contributed by atoms with van der Waals surface area (Å²) in [5.74, 6) is -1.66. The number of esters is 1. The van der Waals surface area contributed by atoms with E-state index < -0.39 is 29.2 Å². The predicted octanol–water partition coefficient (Wildman–Crippen LogP) is 2.44. The van der Waals surface area contributed by atoms with Crippen molar-refractivity contribution in [1.82, 2.24) is 0 Å². The third kappa shape index (κ3) is 4.90. The van der Waals surface area contributed by atoms with Gasteiger partial charge in [0.15, 0.2) is 6.61 Å². The first kappa shape index (κ1) is 17.1. The number of nitrogens with one attached hydrogen (secondary N) is 1. The van der Waals surface area contributed by atoms with Gasteiger partial charge in [-0.25, -0.2) is 4.39 Å². The van der Waals surface area contributed by atoms with Gasteiger partial charge in [-0.2, -0.15) is 0 Å². The van der Waals surface area contributed by atoms with E-state index in [1.807, 2.05) is 0 Å². The fourth-order valence-electron chi connectivity index (χ4n) is 1.81. The van der Waals surface area contributed by atoms with Gasteiger partial charge in [0, 0.05) is 18.6 Å². The molecule has 0 atom stereocenters. The molecule has 0 aliphatic carbocycles. The van der Waals surface area contributed by atoms with Crippen molar-refractivity contribution in [2.75, 3.05) is 11.9 Å². The number of nitro benzene ring substituents is 1. The first-order valence-electron chi connectivity index (χ1n) is 6.87. The number of furan rings is 1. The number of benzene rings is 1. The zero-order valence-electron chi connectivity index (χ0n) is 12.4. The Morgan fingerprint density at radius 2 is 2.12 bits per heavy atom. The molecule has 0 saturated heterocycles. The normalized spacial score (nSPS) is 10.2. The fraction of sp³-hybridized carbons (Fsp3) is 0.200. The van der Waals surface area contributed by atoms with Crippen molar-refractivity contribution in [3.05, 3.63) is 58.3 Å². The van der Waals surface area contributed by atoms with Gasteiger partial charge >= 0.3 is 5.97 Å². The van der Waals surface area contributed by atoms with Crippen molar-refractivity contribution in [2.45, 2.75) is 12.8 Å². The number of carbonyl (C=O) groups excluding carboxylic acids is 2. The van der Waals surface area contributed by atoms with Crippen molar-refractivity contribution >= 4 is 23.3 Å². The maximum Gasteiger partial charge on any atom is 0.306 e. The van der Waals surface area contributed by atoms with E-state index in [-0.39, 0.29) is 17.8 Å². The molecule has 24 heavy (non-hydrogen) atoms. The topological polar surface area (TPSA) is 112 Å². The second kappa shape index (κ2) is 7.86. The SMILES string of the molecule is O=C(COC(=O)CCc1ccco1)Nc1cc([N+](=O)[O-])ccc1F. The molecule has 8 nitrogen and oxygen atoms in total. The molecule has 1 N–H and O–H groups in total. The molecule has 2 rings (SSSR count). The molecule has 9 heteroatoms. The Morgan fingerprint density at radius 1 is 1.33 bits per heavy atom. The van der Waals surface area contributed by atoms with Crippen LogP contribution in [0, 0.1) is 15.9 Å². The van der Waals surface area contributed by atoms with Gasteiger partial charge in [-0.1, -0.05) is 0 Å². The summed E-state index contributed by atoms with van der Waals surface area (Å²) >= 11 is 0. The minimum Gasteiger partial charge on any atom is -0.469 e. The molecule has 0 aliphatic rings. The lowest BCUT2D eigenvalue weighted by molar-refractivity contribution is -0.384. The van der Waals surface area contributed by atoms with E-state index in [9.17, 15) is 24.1 Å². The number of non-ortho nitro benzene ring substituents is 1. The smallest absolute Gasteiger partial charge is 0.306 e. The first-order chi connectivity index (χ1) is 11.5. The highest BCUT2D eigenvalue weighted by Crippen LogP contribution is 2.21. The molecule has 1 aromatic carbocycles. The number of anilines is 1. The number of rotatable bonds is 7. The zero-order valence-corrected chi connectivity index (χ0v) is 12.4. The average Bonchev–Trinajstić information content (AvgIpc) is 3.06. The number of nitro groups is 1. The van der Waals surface area contributed by atoms with Crippen LogP contribution in [0.4, 0.5) is 15.8 Å². The molecule has 0 spiro atoms. The largest absolute Gasteiger partial charge is 0.469 e. The van der Waals surface area contributed by atoms with Crippen LogP contribution in [0.2, 0.25) is 0 Å². The van der Waals surface area contributed by atoms with Gasteiger partial charge in [0.25, 0.3) is 11.6 Å². The summed E-state index contributed by atoms with van der Waals surface area (Å²) in [7, 11) is 0. The van der Waals surface area contributed by atoms with Gasteiger partial charge in [0.2, 0.25) is 0 Å². The molecule has 1 amide bonds. The van der Waals surface area contributed by atoms with E-state index in [1.54, 1.807) is 12.1 Å². The Kier molecular flexibility index (Phi) is 5.61. The first-order valence-corrected chi connectivity index (χ1v) is 6.87. The Balaban J connectivity index is 1.81. The zero-order chi connectivity index (χ0) is 17.5. The lowest BCUT2D eigenvalue weighted by Gasteiger charge is -2.07. The number of hydrogen-bond donors (Lipinski definition) is 1. The molecule has 1 aromatic heterocycles. The second-order valence-corrected chi connectivity index (χ2v) is 4.71. The highest BCUT2D eigenvalue weighted by molar-refractivity contribution is 5.93. The number of ether oxygens (including phenoxy) is 1. The van der Waals surface area contributed by atoms with E-state index in [1.165, 1.54) is 6.26 Å². The van der Waals surface area contributed by atoms with Crippen molar-refractivity contribution in [3.8, 4) is 0 Å². The molecular weight excluding hydrogens is 323 g/mol. The lowest BCUT2D eigenvalue weighted by atomic mass is 10.2. The molecule has 126 valence electrons. The van der Waals surface area contributed by atoms with Gasteiger partial charge in [-0.15, -0.1) is 0 Å². The van der Waals surface area contributed by atoms with Crippen LogP contribution < -0.4 is 5.32 Å².